The van der Waals surface area contributed by atoms with Gasteiger partial charge in [0, 0.05) is 19.7 Å². The molecule has 0 saturated carbocycles. The topological polar surface area (TPSA) is 99.9 Å². The summed E-state index contributed by atoms with van der Waals surface area (Å²) in [6, 6.07) is 9.44. The number of amides is 2. The first-order chi connectivity index (χ1) is 12.2. The van der Waals surface area contributed by atoms with Crippen LogP contribution in [0.2, 0.25) is 0 Å². The number of benzene rings is 1. The molecule has 9 heteroatoms. The van der Waals surface area contributed by atoms with E-state index in [1.54, 1.807) is 26.2 Å². The fourth-order valence-electron chi connectivity index (χ4n) is 2.21. The molecule has 1 heterocycles. The summed E-state index contributed by atoms with van der Waals surface area (Å²) in [6.07, 6.45) is 2.51. The highest BCUT2D eigenvalue weighted by Gasteiger charge is 2.21. The third-order valence-corrected chi connectivity index (χ3v) is 4.68. The number of nitrogens with one attached hydrogen (secondary N) is 1. The van der Waals surface area contributed by atoms with Crippen molar-refractivity contribution < 1.29 is 22.4 Å². The van der Waals surface area contributed by atoms with E-state index < -0.39 is 15.9 Å². The molecule has 8 nitrogen and oxygen atoms in total. The first-order valence-corrected chi connectivity index (χ1v) is 9.62. The van der Waals surface area contributed by atoms with E-state index in [4.69, 9.17) is 4.42 Å². The average molecular weight is 379 g/mol. The summed E-state index contributed by atoms with van der Waals surface area (Å²) < 4.78 is 30.3. The van der Waals surface area contributed by atoms with Crippen molar-refractivity contribution in [1.29, 1.82) is 0 Å². The van der Waals surface area contributed by atoms with Crippen LogP contribution in [0.4, 0.5) is 5.69 Å². The van der Waals surface area contributed by atoms with Gasteiger partial charge in [0.25, 0.3) is 5.91 Å². The Kier molecular flexibility index (Phi) is 6.04. The molecule has 0 radical (unpaired) electrons. The Bertz CT molecular complexity index is 858. The lowest BCUT2D eigenvalue weighted by Gasteiger charge is -2.22. The van der Waals surface area contributed by atoms with Crippen LogP contribution >= 0.6 is 0 Å². The van der Waals surface area contributed by atoms with Crippen molar-refractivity contribution in [2.45, 2.75) is 6.54 Å². The predicted octanol–water partition coefficient (Wildman–Crippen LogP) is 1.06. The number of nitrogens with zero attached hydrogens (tertiary/aromatic N) is 2. The number of rotatable bonds is 7. The molecule has 1 N–H and O–H groups in total. The molecule has 1 aromatic heterocycles. The Morgan fingerprint density at radius 2 is 1.77 bits per heavy atom. The zero-order valence-corrected chi connectivity index (χ0v) is 15.6. The maximum atomic E-state index is 12.1. The molecular weight excluding hydrogens is 358 g/mol. The highest BCUT2D eigenvalue weighted by atomic mass is 32.2. The third-order valence-electron chi connectivity index (χ3n) is 3.54. The number of hydrogen-bond acceptors (Lipinski definition) is 5. The monoisotopic (exact) mass is 379 g/mol. The zero-order chi connectivity index (χ0) is 19.3. The Balaban J connectivity index is 2.12. The molecule has 0 aliphatic carbocycles. The van der Waals surface area contributed by atoms with Gasteiger partial charge < -0.3 is 14.6 Å². The Labute approximate surface area is 152 Å². The van der Waals surface area contributed by atoms with Crippen LogP contribution in [0.3, 0.4) is 0 Å². The molecular formula is C17H21N3O5S. The summed E-state index contributed by atoms with van der Waals surface area (Å²) in [5.74, 6) is -0.102. The molecule has 26 heavy (non-hydrogen) atoms. The number of carbonyl (C=O) groups is 2. The first-order valence-electron chi connectivity index (χ1n) is 7.77. The normalized spacial score (nSPS) is 11.0. The van der Waals surface area contributed by atoms with Crippen molar-refractivity contribution in [3.05, 3.63) is 54.0 Å². The van der Waals surface area contributed by atoms with Gasteiger partial charge in [-0.2, -0.15) is 0 Å². The van der Waals surface area contributed by atoms with E-state index in [0.29, 0.717) is 17.0 Å². The smallest absolute Gasteiger partial charge is 0.253 e. The molecule has 0 aliphatic rings. The quantitative estimate of drug-likeness (QED) is 0.775. The van der Waals surface area contributed by atoms with E-state index in [2.05, 4.69) is 5.32 Å². The highest BCUT2D eigenvalue weighted by molar-refractivity contribution is 7.92. The van der Waals surface area contributed by atoms with Gasteiger partial charge in [-0.3, -0.25) is 13.9 Å². The Morgan fingerprint density at radius 1 is 1.12 bits per heavy atom. The number of hydrogen-bond donors (Lipinski definition) is 1. The van der Waals surface area contributed by atoms with Crippen LogP contribution in [0.5, 0.6) is 0 Å². The minimum Gasteiger partial charge on any atom is -0.467 e. The second kappa shape index (κ2) is 8.05. The predicted molar refractivity (Wildman–Crippen MR) is 97.2 cm³/mol. The van der Waals surface area contributed by atoms with Gasteiger partial charge in [-0.1, -0.05) is 0 Å². The third kappa shape index (κ3) is 5.09. The van der Waals surface area contributed by atoms with Gasteiger partial charge in [0.1, 0.15) is 12.3 Å². The van der Waals surface area contributed by atoms with Gasteiger partial charge in [0.2, 0.25) is 15.9 Å². The van der Waals surface area contributed by atoms with E-state index in [1.165, 1.54) is 35.4 Å². The number of furan rings is 1. The molecule has 0 fully saturated rings. The van der Waals surface area contributed by atoms with Crippen LogP contribution < -0.4 is 9.62 Å². The lowest BCUT2D eigenvalue weighted by molar-refractivity contribution is -0.119. The van der Waals surface area contributed by atoms with Crippen LogP contribution in [0.1, 0.15) is 16.1 Å². The maximum Gasteiger partial charge on any atom is 0.253 e. The number of carbonyl (C=O) groups excluding carboxylic acids is 2. The molecule has 2 aromatic rings. The highest BCUT2D eigenvalue weighted by Crippen LogP contribution is 2.18. The van der Waals surface area contributed by atoms with Crippen molar-refractivity contribution >= 4 is 27.5 Å². The number of sulfonamides is 1. The fourth-order valence-corrected chi connectivity index (χ4v) is 3.07. The van der Waals surface area contributed by atoms with Gasteiger partial charge in [0.15, 0.2) is 0 Å². The molecule has 0 unspecified atom stereocenters. The molecule has 0 atom stereocenters. The summed E-state index contributed by atoms with van der Waals surface area (Å²) in [4.78, 5) is 25.5. The van der Waals surface area contributed by atoms with Crippen molar-refractivity contribution in [2.75, 3.05) is 31.2 Å². The Hall–Kier alpha value is -2.81. The molecule has 140 valence electrons. The van der Waals surface area contributed by atoms with Crippen molar-refractivity contribution in [1.82, 2.24) is 10.2 Å². The molecule has 1 aromatic carbocycles. The summed E-state index contributed by atoms with van der Waals surface area (Å²) in [7, 11) is -0.426. The van der Waals surface area contributed by atoms with Gasteiger partial charge in [-0.25, -0.2) is 8.42 Å². The molecule has 2 rings (SSSR count). The van der Waals surface area contributed by atoms with Crippen LogP contribution in [0, 0.1) is 0 Å². The second-order valence-electron chi connectivity index (χ2n) is 5.87. The van der Waals surface area contributed by atoms with Crippen LogP contribution in [0.25, 0.3) is 0 Å². The van der Waals surface area contributed by atoms with E-state index in [1.807, 2.05) is 0 Å². The minimum atomic E-state index is -3.68. The Morgan fingerprint density at radius 3 is 2.27 bits per heavy atom. The largest absolute Gasteiger partial charge is 0.467 e. The molecule has 0 spiro atoms. The van der Waals surface area contributed by atoms with E-state index in [0.717, 1.165) is 10.6 Å². The molecule has 2 amide bonds. The first kappa shape index (κ1) is 19.5. The van der Waals surface area contributed by atoms with Crippen LogP contribution in [-0.4, -0.2) is 52.0 Å². The fraction of sp³-hybridized carbons (Fsp3) is 0.294. The lowest BCUT2D eigenvalue weighted by atomic mass is 10.2. The molecule has 0 bridgehead atoms. The number of anilines is 1. The average Bonchev–Trinajstić information content (AvgIpc) is 3.10. The summed E-state index contributed by atoms with van der Waals surface area (Å²) in [5.41, 5.74) is 0.727. The van der Waals surface area contributed by atoms with Gasteiger partial charge >= 0.3 is 0 Å². The van der Waals surface area contributed by atoms with Gasteiger partial charge in [-0.05, 0) is 36.4 Å². The second-order valence-corrected chi connectivity index (χ2v) is 7.78. The molecule has 0 saturated heterocycles. The van der Waals surface area contributed by atoms with E-state index in [-0.39, 0.29) is 19.0 Å². The van der Waals surface area contributed by atoms with Gasteiger partial charge in [0.05, 0.1) is 24.8 Å². The van der Waals surface area contributed by atoms with Crippen LogP contribution in [-0.2, 0) is 21.4 Å². The van der Waals surface area contributed by atoms with E-state index >= 15 is 0 Å². The molecule has 0 aliphatic heterocycles. The SMILES string of the molecule is CN(C)C(=O)c1ccc(N(CC(=O)NCc2ccco2)S(C)(=O)=O)cc1. The zero-order valence-electron chi connectivity index (χ0n) is 14.8. The van der Waals surface area contributed by atoms with Gasteiger partial charge in [-0.15, -0.1) is 0 Å². The summed E-state index contributed by atoms with van der Waals surface area (Å²) in [5, 5.41) is 2.60. The van der Waals surface area contributed by atoms with Crippen molar-refractivity contribution in [3.63, 3.8) is 0 Å². The van der Waals surface area contributed by atoms with Crippen molar-refractivity contribution in [3.8, 4) is 0 Å². The summed E-state index contributed by atoms with van der Waals surface area (Å²) in [6.45, 7) is -0.208. The van der Waals surface area contributed by atoms with E-state index in [9.17, 15) is 18.0 Å². The van der Waals surface area contributed by atoms with Crippen LogP contribution in [0.15, 0.2) is 47.1 Å². The summed E-state index contributed by atoms with van der Waals surface area (Å²) >= 11 is 0. The lowest BCUT2D eigenvalue weighted by Crippen LogP contribution is -2.40. The van der Waals surface area contributed by atoms with Crippen molar-refractivity contribution in [2.24, 2.45) is 0 Å². The minimum absolute atomic E-state index is 0.166. The standard InChI is InChI=1S/C17H21N3O5S/c1-19(2)17(22)13-6-8-14(9-7-13)20(26(3,23)24)12-16(21)18-11-15-5-4-10-25-15/h4-10H,11-12H2,1-3H3,(H,18,21). The maximum absolute atomic E-state index is 12.1.